The molecule has 0 aromatic rings. The summed E-state index contributed by atoms with van der Waals surface area (Å²) in [5.74, 6) is -2.42. The summed E-state index contributed by atoms with van der Waals surface area (Å²) in [6, 6.07) is 1.50. The molecule has 0 heterocycles. The van der Waals surface area contributed by atoms with Crippen LogP contribution in [0.5, 0.6) is 0 Å². The summed E-state index contributed by atoms with van der Waals surface area (Å²) in [5.41, 5.74) is 0. The molecule has 0 bridgehead atoms. The van der Waals surface area contributed by atoms with Gasteiger partial charge in [-0.2, -0.15) is 22.1 Å². The Morgan fingerprint density at radius 3 is 1.57 bits per heavy atom. The lowest BCUT2D eigenvalue weighted by Gasteiger charge is -2.32. The molecular weight excluding hydrogens is 379 g/mol. The molecule has 0 aliphatic heterocycles. The molecule has 13 heteroatoms. The molecule has 0 fully saturated rings. The summed E-state index contributed by atoms with van der Waals surface area (Å²) in [6.07, 6.45) is -1.73. The molecule has 0 amide bonds. The van der Waals surface area contributed by atoms with Crippen molar-refractivity contribution in [2.75, 3.05) is 24.7 Å². The van der Waals surface area contributed by atoms with Crippen molar-refractivity contribution in [3.05, 3.63) is 0 Å². The fourth-order valence-electron chi connectivity index (χ4n) is 1.78. The number of nitriles is 1. The first kappa shape index (κ1) is 22.4. The van der Waals surface area contributed by atoms with Gasteiger partial charge in [-0.1, -0.05) is 0 Å². The zero-order valence-electron chi connectivity index (χ0n) is 12.6. The van der Waals surface area contributed by atoms with Crippen molar-refractivity contribution in [1.82, 2.24) is 0 Å². The Morgan fingerprint density at radius 2 is 1.35 bits per heavy atom. The van der Waals surface area contributed by atoms with Crippen LogP contribution in [-0.4, -0.2) is 46.7 Å². The molecule has 0 saturated heterocycles. The van der Waals surface area contributed by atoms with Crippen LogP contribution in [-0.2, 0) is 34.1 Å². The van der Waals surface area contributed by atoms with Crippen molar-refractivity contribution in [3.63, 3.8) is 0 Å². The fourth-order valence-corrected chi connectivity index (χ4v) is 5.41. The zero-order chi connectivity index (χ0) is 18.4. The fraction of sp³-hybridized carbons (Fsp3) is 0.900. The van der Waals surface area contributed by atoms with E-state index in [1.165, 1.54) is 19.9 Å². The number of hydrogen-bond donors (Lipinski definition) is 0. The van der Waals surface area contributed by atoms with E-state index in [2.05, 4.69) is 0 Å². The Morgan fingerprint density at radius 1 is 1.00 bits per heavy atom. The monoisotopic (exact) mass is 397 g/mol. The molecule has 0 rings (SSSR count). The third-order valence-corrected chi connectivity index (χ3v) is 7.02. The summed E-state index contributed by atoms with van der Waals surface area (Å²) >= 11 is 0. The van der Waals surface area contributed by atoms with Crippen molar-refractivity contribution in [2.24, 2.45) is 0 Å². The topological polar surface area (TPSA) is 128 Å². The number of rotatable bonds is 11. The highest BCUT2D eigenvalue weighted by atomic mass is 32.3. The van der Waals surface area contributed by atoms with E-state index in [4.69, 9.17) is 9.05 Å². The van der Waals surface area contributed by atoms with E-state index in [0.29, 0.717) is 0 Å². The number of halogens is 2. The maximum Gasteiger partial charge on any atom is 0.350 e. The van der Waals surface area contributed by atoms with Gasteiger partial charge in [-0.05, 0) is 26.7 Å². The Balaban J connectivity index is 5.89. The molecule has 23 heavy (non-hydrogen) atoms. The Hall–Kier alpha value is -0.600. The molecule has 0 atom stereocenters. The standard InChI is InChI=1S/C10H18F2NO7PS2/c1-3-19-21(14,20-4-2)10(9-13,5-7-22(11,15)16)6-8-23(12,17)18/h3-8H2,1-2H3. The summed E-state index contributed by atoms with van der Waals surface area (Å²) in [7, 11) is -14.4. The molecule has 0 aromatic heterocycles. The molecule has 0 saturated carbocycles. The maximum atomic E-state index is 12.8. The predicted octanol–water partition coefficient (Wildman–Crippen LogP) is 1.89. The van der Waals surface area contributed by atoms with Gasteiger partial charge in [-0.15, -0.1) is 7.77 Å². The van der Waals surface area contributed by atoms with Crippen LogP contribution >= 0.6 is 7.60 Å². The van der Waals surface area contributed by atoms with Gasteiger partial charge in [0, 0.05) is 0 Å². The average molecular weight is 397 g/mol. The van der Waals surface area contributed by atoms with E-state index < -0.39 is 57.5 Å². The van der Waals surface area contributed by atoms with E-state index in [1.807, 2.05) is 0 Å². The van der Waals surface area contributed by atoms with Crippen LogP contribution in [0.2, 0.25) is 0 Å². The van der Waals surface area contributed by atoms with Crippen molar-refractivity contribution in [3.8, 4) is 6.07 Å². The zero-order valence-corrected chi connectivity index (χ0v) is 15.1. The molecule has 0 unspecified atom stereocenters. The van der Waals surface area contributed by atoms with Gasteiger partial charge in [0.2, 0.25) is 0 Å². The minimum Gasteiger partial charge on any atom is -0.308 e. The summed E-state index contributed by atoms with van der Waals surface area (Å²) in [4.78, 5) is 0. The highest BCUT2D eigenvalue weighted by Crippen LogP contribution is 2.63. The van der Waals surface area contributed by atoms with Gasteiger partial charge in [0.25, 0.3) is 0 Å². The average Bonchev–Trinajstić information content (AvgIpc) is 2.37. The Labute approximate surface area is 134 Å². The first-order valence-electron chi connectivity index (χ1n) is 6.50. The lowest BCUT2D eigenvalue weighted by molar-refractivity contribution is 0.201. The van der Waals surface area contributed by atoms with Crippen LogP contribution in [0.15, 0.2) is 0 Å². The SMILES string of the molecule is CCOP(=O)(OCC)C(C#N)(CCS(=O)(=O)F)CCS(=O)(=O)F. The summed E-state index contributed by atoms with van der Waals surface area (Å²) in [6.45, 7) is 2.41. The minimum absolute atomic E-state index is 0.203. The van der Waals surface area contributed by atoms with Gasteiger partial charge in [0.15, 0.2) is 5.16 Å². The van der Waals surface area contributed by atoms with Crippen molar-refractivity contribution in [1.29, 1.82) is 5.26 Å². The van der Waals surface area contributed by atoms with E-state index in [1.54, 1.807) is 0 Å². The molecule has 0 radical (unpaired) electrons. The molecular formula is C10H18F2NO7PS2. The van der Waals surface area contributed by atoms with Crippen LogP contribution in [0.25, 0.3) is 0 Å². The Kier molecular flexibility index (Phi) is 8.26. The first-order chi connectivity index (χ1) is 10.3. The number of nitrogens with zero attached hydrogens (tertiary/aromatic N) is 1. The van der Waals surface area contributed by atoms with Gasteiger partial charge < -0.3 is 9.05 Å². The lowest BCUT2D eigenvalue weighted by atomic mass is 10.0. The molecule has 136 valence electrons. The smallest absolute Gasteiger partial charge is 0.308 e. The normalized spacial score (nSPS) is 13.7. The van der Waals surface area contributed by atoms with Gasteiger partial charge in [0.1, 0.15) is 0 Å². The van der Waals surface area contributed by atoms with Crippen LogP contribution in [0, 0.1) is 11.3 Å². The van der Waals surface area contributed by atoms with Crippen LogP contribution < -0.4 is 0 Å². The van der Waals surface area contributed by atoms with Crippen molar-refractivity contribution < 1.29 is 38.2 Å². The maximum absolute atomic E-state index is 12.8. The first-order valence-corrected chi connectivity index (χ1v) is 11.1. The Bertz CT molecular complexity index is 640. The highest BCUT2D eigenvalue weighted by Gasteiger charge is 2.52. The minimum atomic E-state index is -5.04. The van der Waals surface area contributed by atoms with Crippen LogP contribution in [0.1, 0.15) is 26.7 Å². The summed E-state index contributed by atoms with van der Waals surface area (Å²) < 4.78 is 91.0. The largest absolute Gasteiger partial charge is 0.350 e. The summed E-state index contributed by atoms with van der Waals surface area (Å²) in [5, 5.41) is 7.03. The van der Waals surface area contributed by atoms with E-state index in [-0.39, 0.29) is 13.2 Å². The molecule has 0 aromatic carbocycles. The van der Waals surface area contributed by atoms with Crippen molar-refractivity contribution in [2.45, 2.75) is 31.8 Å². The van der Waals surface area contributed by atoms with Gasteiger partial charge in [-0.3, -0.25) is 4.57 Å². The molecule has 8 nitrogen and oxygen atoms in total. The highest BCUT2D eigenvalue weighted by molar-refractivity contribution is 7.86. The molecule has 0 aliphatic rings. The van der Waals surface area contributed by atoms with E-state index in [9.17, 15) is 34.4 Å². The van der Waals surface area contributed by atoms with Crippen LogP contribution in [0.3, 0.4) is 0 Å². The predicted molar refractivity (Wildman–Crippen MR) is 78.2 cm³/mol. The van der Waals surface area contributed by atoms with E-state index >= 15 is 0 Å². The lowest BCUT2D eigenvalue weighted by Crippen LogP contribution is -2.33. The van der Waals surface area contributed by atoms with Gasteiger partial charge >= 0.3 is 28.0 Å². The van der Waals surface area contributed by atoms with E-state index in [0.717, 1.165) is 0 Å². The molecule has 0 spiro atoms. The molecule has 0 aliphatic carbocycles. The second kappa shape index (κ2) is 8.48. The van der Waals surface area contributed by atoms with Gasteiger partial charge in [0.05, 0.1) is 30.8 Å². The second-order valence-corrected chi connectivity index (χ2v) is 9.80. The van der Waals surface area contributed by atoms with Gasteiger partial charge in [-0.25, -0.2) is 0 Å². The van der Waals surface area contributed by atoms with Crippen LogP contribution in [0.4, 0.5) is 7.77 Å². The molecule has 0 N–H and O–H groups in total. The second-order valence-electron chi connectivity index (χ2n) is 4.46. The number of hydrogen-bond acceptors (Lipinski definition) is 8. The quantitative estimate of drug-likeness (QED) is 0.382. The van der Waals surface area contributed by atoms with Crippen molar-refractivity contribution >= 4 is 28.0 Å². The third kappa shape index (κ3) is 7.22. The third-order valence-electron chi connectivity index (χ3n) is 2.85.